The summed E-state index contributed by atoms with van der Waals surface area (Å²) < 4.78 is 0. The van der Waals surface area contributed by atoms with Crippen LogP contribution in [0.2, 0.25) is 0 Å². The van der Waals surface area contributed by atoms with Gasteiger partial charge in [0.05, 0.1) is 0 Å². The molecule has 1 rings (SSSR count). The van der Waals surface area contributed by atoms with Crippen LogP contribution in [-0.2, 0) is 0 Å². The predicted molar refractivity (Wildman–Crippen MR) is 72.9 cm³/mol. The first-order chi connectivity index (χ1) is 7.60. The van der Waals surface area contributed by atoms with Crippen molar-refractivity contribution in [3.8, 4) is 0 Å². The minimum atomic E-state index is 0. The van der Waals surface area contributed by atoms with E-state index in [1.54, 1.807) is 0 Å². The van der Waals surface area contributed by atoms with E-state index in [-0.39, 0.29) is 1.43 Å². The number of nitrogens with zero attached hydrogens (tertiary/aromatic N) is 1. The van der Waals surface area contributed by atoms with Gasteiger partial charge >= 0.3 is 0 Å². The van der Waals surface area contributed by atoms with Crippen molar-refractivity contribution in [2.24, 2.45) is 5.92 Å². The third kappa shape index (κ3) is 9.13. The lowest BCUT2D eigenvalue weighted by Gasteiger charge is -2.23. The largest absolute Gasteiger partial charge is 0.396 e. The number of aliphatic hydroxyl groups is 1. The summed E-state index contributed by atoms with van der Waals surface area (Å²) in [6, 6.07) is 0.866. The first-order valence-corrected chi connectivity index (χ1v) is 6.56. The van der Waals surface area contributed by atoms with Gasteiger partial charge in [-0.25, -0.2) is 0 Å². The molecule has 0 atom stereocenters. The van der Waals surface area contributed by atoms with Crippen LogP contribution < -0.4 is 5.32 Å². The van der Waals surface area contributed by atoms with E-state index in [4.69, 9.17) is 5.11 Å². The molecule has 0 bridgehead atoms. The van der Waals surface area contributed by atoms with Gasteiger partial charge in [-0.3, -0.25) is 0 Å². The topological polar surface area (TPSA) is 35.5 Å². The third-order valence-corrected chi connectivity index (χ3v) is 2.89. The first-order valence-electron chi connectivity index (χ1n) is 6.56. The molecule has 0 aromatic heterocycles. The van der Waals surface area contributed by atoms with Crippen LogP contribution in [0.4, 0.5) is 0 Å². The van der Waals surface area contributed by atoms with Gasteiger partial charge < -0.3 is 15.3 Å². The summed E-state index contributed by atoms with van der Waals surface area (Å²) in [6.07, 6.45) is 5.13. The van der Waals surface area contributed by atoms with Gasteiger partial charge in [0.15, 0.2) is 0 Å². The summed E-state index contributed by atoms with van der Waals surface area (Å²) in [5.74, 6) is 0.726. The molecule has 0 amide bonds. The summed E-state index contributed by atoms with van der Waals surface area (Å²) in [4.78, 5) is 2.25. The molecule has 0 saturated heterocycles. The van der Waals surface area contributed by atoms with Crippen LogP contribution in [0.1, 0.15) is 41.0 Å². The van der Waals surface area contributed by atoms with Crippen LogP contribution >= 0.6 is 0 Å². The highest BCUT2D eigenvalue weighted by atomic mass is 16.3. The summed E-state index contributed by atoms with van der Waals surface area (Å²) in [7, 11) is 4.12. The fourth-order valence-corrected chi connectivity index (χ4v) is 1.75. The molecule has 3 nitrogen and oxygen atoms in total. The van der Waals surface area contributed by atoms with Crippen molar-refractivity contribution in [1.82, 2.24) is 10.2 Å². The Kier molecular flexibility index (Phi) is 9.99. The van der Waals surface area contributed by atoms with E-state index in [2.05, 4.69) is 31.1 Å². The Hall–Kier alpha value is -0.120. The zero-order valence-electron chi connectivity index (χ0n) is 11.5. The van der Waals surface area contributed by atoms with Gasteiger partial charge in [0, 0.05) is 27.2 Å². The minimum Gasteiger partial charge on any atom is -0.396 e. The van der Waals surface area contributed by atoms with E-state index in [1.165, 1.54) is 19.3 Å². The molecule has 0 aromatic rings. The van der Waals surface area contributed by atoms with Gasteiger partial charge in [0.2, 0.25) is 0 Å². The average molecular weight is 232 g/mol. The molecule has 0 spiro atoms. The Labute approximate surface area is 103 Å². The maximum absolute atomic E-state index is 8.52. The van der Waals surface area contributed by atoms with Crippen molar-refractivity contribution in [3.05, 3.63) is 0 Å². The zero-order valence-corrected chi connectivity index (χ0v) is 11.5. The number of nitrogens with one attached hydrogen (secondary N) is 1. The van der Waals surface area contributed by atoms with Gasteiger partial charge in [-0.1, -0.05) is 20.3 Å². The highest BCUT2D eigenvalue weighted by Gasteiger charge is 2.13. The van der Waals surface area contributed by atoms with Gasteiger partial charge in [-0.15, -0.1) is 0 Å². The standard InChI is InChI=1S/C8H19NO.C5H11N.H2/c1-8(2)7-9(3)5-4-6-10;1-6-5-3-2-4-5;/h8,10H,4-7H2,1-3H3;5-6H,2-4H2,1H3;1H. The van der Waals surface area contributed by atoms with Crippen LogP contribution in [0.5, 0.6) is 0 Å². The third-order valence-electron chi connectivity index (χ3n) is 2.89. The number of hydrogen-bond acceptors (Lipinski definition) is 3. The van der Waals surface area contributed by atoms with Crippen LogP contribution in [-0.4, -0.2) is 49.8 Å². The highest BCUT2D eigenvalue weighted by molar-refractivity contribution is 4.73. The summed E-state index contributed by atoms with van der Waals surface area (Å²) in [5.41, 5.74) is 0. The SMILES string of the molecule is CC(C)CN(C)CCCO.CNC1CCC1.[HH]. The molecule has 1 aliphatic rings. The Morgan fingerprint density at radius 2 is 2.06 bits per heavy atom. The molecule has 0 radical (unpaired) electrons. The molecule has 1 saturated carbocycles. The highest BCUT2D eigenvalue weighted by Crippen LogP contribution is 2.16. The van der Waals surface area contributed by atoms with Crippen molar-refractivity contribution in [2.45, 2.75) is 45.6 Å². The summed E-state index contributed by atoms with van der Waals surface area (Å²) >= 11 is 0. The maximum atomic E-state index is 8.52. The van der Waals surface area contributed by atoms with Crippen molar-refractivity contribution in [3.63, 3.8) is 0 Å². The van der Waals surface area contributed by atoms with Gasteiger partial charge in [-0.05, 0) is 39.3 Å². The molecule has 0 aromatic carbocycles. The second kappa shape index (κ2) is 10.1. The quantitative estimate of drug-likeness (QED) is 0.735. The van der Waals surface area contributed by atoms with Crippen LogP contribution in [0.15, 0.2) is 0 Å². The number of aliphatic hydroxyl groups excluding tert-OH is 1. The van der Waals surface area contributed by atoms with Crippen molar-refractivity contribution in [2.75, 3.05) is 33.8 Å². The van der Waals surface area contributed by atoms with Crippen molar-refractivity contribution < 1.29 is 6.53 Å². The first kappa shape index (κ1) is 15.9. The monoisotopic (exact) mass is 232 g/mol. The molecule has 100 valence electrons. The smallest absolute Gasteiger partial charge is 0.0443 e. The molecular formula is C13H32N2O. The minimum absolute atomic E-state index is 0. The Morgan fingerprint density at radius 1 is 1.44 bits per heavy atom. The second-order valence-electron chi connectivity index (χ2n) is 5.15. The van der Waals surface area contributed by atoms with E-state index >= 15 is 0 Å². The predicted octanol–water partition coefficient (Wildman–Crippen LogP) is 1.96. The Balaban J connectivity index is 0. The normalized spacial score (nSPS) is 15.9. The molecule has 0 unspecified atom stereocenters. The molecule has 0 aliphatic heterocycles. The van der Waals surface area contributed by atoms with Gasteiger partial charge in [0.1, 0.15) is 0 Å². The molecular weight excluding hydrogens is 200 g/mol. The second-order valence-corrected chi connectivity index (χ2v) is 5.15. The number of rotatable bonds is 6. The molecule has 16 heavy (non-hydrogen) atoms. The summed E-state index contributed by atoms with van der Waals surface area (Å²) in [5, 5.41) is 11.7. The fraction of sp³-hybridized carbons (Fsp3) is 1.00. The van der Waals surface area contributed by atoms with E-state index < -0.39 is 0 Å². The van der Waals surface area contributed by atoms with Crippen LogP contribution in [0, 0.1) is 5.92 Å². The van der Waals surface area contributed by atoms with Crippen molar-refractivity contribution in [1.29, 1.82) is 0 Å². The van der Waals surface area contributed by atoms with Crippen LogP contribution in [0.3, 0.4) is 0 Å². The lowest BCUT2D eigenvalue weighted by atomic mass is 9.94. The van der Waals surface area contributed by atoms with E-state index in [9.17, 15) is 0 Å². The maximum Gasteiger partial charge on any atom is 0.0443 e. The van der Waals surface area contributed by atoms with Crippen molar-refractivity contribution >= 4 is 0 Å². The number of hydrogen-bond donors (Lipinski definition) is 2. The Bertz CT molecular complexity index is 150. The summed E-state index contributed by atoms with van der Waals surface area (Å²) in [6.45, 7) is 6.85. The molecule has 1 aliphatic carbocycles. The fourth-order valence-electron chi connectivity index (χ4n) is 1.75. The Morgan fingerprint density at radius 3 is 2.31 bits per heavy atom. The zero-order chi connectivity index (χ0) is 12.4. The molecule has 0 heterocycles. The lowest BCUT2D eigenvalue weighted by Crippen LogP contribution is -2.31. The van der Waals surface area contributed by atoms with E-state index in [0.29, 0.717) is 6.61 Å². The van der Waals surface area contributed by atoms with Gasteiger partial charge in [0.25, 0.3) is 0 Å². The van der Waals surface area contributed by atoms with Crippen LogP contribution in [0.25, 0.3) is 0 Å². The molecule has 2 N–H and O–H groups in total. The lowest BCUT2D eigenvalue weighted by molar-refractivity contribution is 0.235. The van der Waals surface area contributed by atoms with E-state index in [1.807, 2.05) is 7.05 Å². The molecule has 1 fully saturated rings. The van der Waals surface area contributed by atoms with Gasteiger partial charge in [-0.2, -0.15) is 0 Å². The van der Waals surface area contributed by atoms with E-state index in [0.717, 1.165) is 31.5 Å². The molecule has 3 heteroatoms. The average Bonchev–Trinajstić information content (AvgIpc) is 2.13.